The van der Waals surface area contributed by atoms with Gasteiger partial charge in [0.15, 0.2) is 11.5 Å². The molecule has 0 unspecified atom stereocenters. The fraction of sp³-hybridized carbons (Fsp3) is 0.174. The second-order valence-corrected chi connectivity index (χ2v) is 7.58. The van der Waals surface area contributed by atoms with Crippen LogP contribution >= 0.6 is 0 Å². The number of fused-ring (bicyclic) bond motifs is 2. The first-order valence-electron chi connectivity index (χ1n) is 10.2. The summed E-state index contributed by atoms with van der Waals surface area (Å²) in [6.07, 6.45) is 4.10. The quantitative estimate of drug-likeness (QED) is 0.530. The lowest BCUT2D eigenvalue weighted by Crippen LogP contribution is -2.12. The number of nitrogens with one attached hydrogen (secondary N) is 2. The largest absolute Gasteiger partial charge is 0.454 e. The third-order valence-electron chi connectivity index (χ3n) is 5.65. The van der Waals surface area contributed by atoms with E-state index in [0.29, 0.717) is 28.6 Å². The van der Waals surface area contributed by atoms with E-state index in [-0.39, 0.29) is 12.7 Å². The van der Waals surface area contributed by atoms with Gasteiger partial charge in [-0.2, -0.15) is 5.10 Å². The number of ether oxygens (including phenoxy) is 2. The summed E-state index contributed by atoms with van der Waals surface area (Å²) in [5, 5.41) is 9.98. The maximum Gasteiger partial charge on any atom is 0.273 e. The van der Waals surface area contributed by atoms with Crippen molar-refractivity contribution in [2.45, 2.75) is 19.4 Å². The van der Waals surface area contributed by atoms with Gasteiger partial charge in [0.05, 0.1) is 17.6 Å². The highest BCUT2D eigenvalue weighted by atomic mass is 16.7. The third-order valence-corrected chi connectivity index (χ3v) is 5.65. The van der Waals surface area contributed by atoms with E-state index < -0.39 is 0 Å². The van der Waals surface area contributed by atoms with Gasteiger partial charge in [-0.3, -0.25) is 9.89 Å². The summed E-state index contributed by atoms with van der Waals surface area (Å²) in [6.45, 7) is 1.23. The zero-order valence-corrected chi connectivity index (χ0v) is 16.6. The Morgan fingerprint density at radius 3 is 2.77 bits per heavy atom. The summed E-state index contributed by atoms with van der Waals surface area (Å²) < 4.78 is 13.0. The number of aromatic nitrogens is 4. The molecular formula is C23H19N5O3. The second-order valence-electron chi connectivity index (χ2n) is 7.58. The number of carbonyl (C=O) groups excluding carboxylic acids is 1. The molecule has 2 aromatic heterocycles. The normalized spacial score (nSPS) is 13.9. The van der Waals surface area contributed by atoms with Gasteiger partial charge in [-0.1, -0.05) is 12.1 Å². The molecule has 0 fully saturated rings. The van der Waals surface area contributed by atoms with Crippen molar-refractivity contribution in [3.63, 3.8) is 0 Å². The molecule has 2 N–H and O–H groups in total. The first kappa shape index (κ1) is 17.8. The maximum atomic E-state index is 12.7. The highest BCUT2D eigenvalue weighted by molar-refractivity contribution is 6.03. The van der Waals surface area contributed by atoms with E-state index in [1.807, 2.05) is 48.7 Å². The van der Waals surface area contributed by atoms with Crippen LogP contribution in [0.5, 0.6) is 11.5 Å². The number of aryl methyl sites for hydroxylation is 1. The van der Waals surface area contributed by atoms with E-state index >= 15 is 0 Å². The van der Waals surface area contributed by atoms with Crippen LogP contribution in [0.2, 0.25) is 0 Å². The van der Waals surface area contributed by atoms with Gasteiger partial charge in [-0.15, -0.1) is 0 Å². The molecule has 0 spiro atoms. The van der Waals surface area contributed by atoms with E-state index in [1.54, 1.807) is 6.07 Å². The number of aromatic amines is 1. The third kappa shape index (κ3) is 3.13. The molecule has 2 aromatic carbocycles. The Balaban J connectivity index is 1.17. The molecule has 0 radical (unpaired) electrons. The van der Waals surface area contributed by atoms with Crippen molar-refractivity contribution in [2.24, 2.45) is 0 Å². The molecule has 154 valence electrons. The number of benzene rings is 2. The summed E-state index contributed by atoms with van der Waals surface area (Å²) in [5.74, 6) is 2.28. The zero-order valence-electron chi connectivity index (χ0n) is 16.6. The molecule has 8 heteroatoms. The van der Waals surface area contributed by atoms with E-state index in [0.717, 1.165) is 42.0 Å². The van der Waals surface area contributed by atoms with Crippen molar-refractivity contribution in [2.75, 3.05) is 12.1 Å². The highest BCUT2D eigenvalue weighted by Gasteiger charge is 2.18. The van der Waals surface area contributed by atoms with E-state index in [1.165, 1.54) is 0 Å². The molecule has 0 saturated heterocycles. The predicted octanol–water partition coefficient (Wildman–Crippen LogP) is 3.87. The molecule has 4 aromatic rings. The number of rotatable bonds is 4. The van der Waals surface area contributed by atoms with Crippen molar-refractivity contribution < 1.29 is 14.3 Å². The monoisotopic (exact) mass is 413 g/mol. The molecule has 0 aliphatic carbocycles. The number of nitrogens with zero attached hydrogens (tertiary/aromatic N) is 3. The van der Waals surface area contributed by atoms with Crippen LogP contribution in [0.3, 0.4) is 0 Å². The Bertz CT molecular complexity index is 1290. The Labute approximate surface area is 177 Å². The van der Waals surface area contributed by atoms with Gasteiger partial charge in [0.1, 0.15) is 11.5 Å². The number of anilines is 1. The molecule has 4 heterocycles. The van der Waals surface area contributed by atoms with Crippen LogP contribution in [0.25, 0.3) is 22.5 Å². The molecule has 0 bridgehead atoms. The van der Waals surface area contributed by atoms with Crippen molar-refractivity contribution in [1.82, 2.24) is 19.7 Å². The number of amides is 1. The van der Waals surface area contributed by atoms with E-state index in [9.17, 15) is 4.79 Å². The van der Waals surface area contributed by atoms with Crippen LogP contribution in [0.1, 0.15) is 22.7 Å². The molecule has 0 atom stereocenters. The van der Waals surface area contributed by atoms with Gasteiger partial charge in [0.25, 0.3) is 5.91 Å². The van der Waals surface area contributed by atoms with Gasteiger partial charge in [-0.05, 0) is 48.4 Å². The number of H-pyrrole nitrogens is 1. The van der Waals surface area contributed by atoms with Gasteiger partial charge in [-0.25, -0.2) is 4.98 Å². The molecule has 6 rings (SSSR count). The Morgan fingerprint density at radius 2 is 1.87 bits per heavy atom. The van der Waals surface area contributed by atoms with Crippen LogP contribution in [0, 0.1) is 0 Å². The number of hydrogen-bond acceptors (Lipinski definition) is 5. The minimum absolute atomic E-state index is 0.218. The van der Waals surface area contributed by atoms with Crippen molar-refractivity contribution in [1.29, 1.82) is 0 Å². The molecule has 0 saturated carbocycles. The fourth-order valence-electron chi connectivity index (χ4n) is 4.05. The van der Waals surface area contributed by atoms with Crippen LogP contribution in [-0.2, 0) is 13.0 Å². The SMILES string of the molecule is O=C(Nc1ccc(-c2cnc3n2CCC3)cc1)c1cc(-c2ccc3c(c2)OCO3)n[nH]1. The number of hydrogen-bond donors (Lipinski definition) is 2. The van der Waals surface area contributed by atoms with Crippen LogP contribution in [0.4, 0.5) is 5.69 Å². The minimum atomic E-state index is -0.252. The van der Waals surface area contributed by atoms with Gasteiger partial charge in [0.2, 0.25) is 6.79 Å². The molecule has 31 heavy (non-hydrogen) atoms. The lowest BCUT2D eigenvalue weighted by molar-refractivity contribution is 0.102. The minimum Gasteiger partial charge on any atom is -0.454 e. The molecule has 1 amide bonds. The zero-order chi connectivity index (χ0) is 20.8. The van der Waals surface area contributed by atoms with E-state index in [4.69, 9.17) is 9.47 Å². The van der Waals surface area contributed by atoms with Gasteiger partial charge >= 0.3 is 0 Å². The Hall–Kier alpha value is -4.07. The lowest BCUT2D eigenvalue weighted by atomic mass is 10.1. The average Bonchev–Trinajstić information content (AvgIpc) is 3.58. The molecule has 2 aliphatic rings. The smallest absolute Gasteiger partial charge is 0.273 e. The lowest BCUT2D eigenvalue weighted by Gasteiger charge is -2.07. The summed E-state index contributed by atoms with van der Waals surface area (Å²) in [4.78, 5) is 17.2. The average molecular weight is 413 g/mol. The first-order chi connectivity index (χ1) is 15.2. The predicted molar refractivity (Wildman–Crippen MR) is 114 cm³/mol. The summed E-state index contributed by atoms with van der Waals surface area (Å²) in [5.41, 5.74) is 4.81. The van der Waals surface area contributed by atoms with Crippen molar-refractivity contribution >= 4 is 11.6 Å². The first-order valence-corrected chi connectivity index (χ1v) is 10.2. The maximum absolute atomic E-state index is 12.7. The van der Waals surface area contributed by atoms with Gasteiger partial charge in [0, 0.05) is 24.2 Å². The number of imidazole rings is 1. The van der Waals surface area contributed by atoms with Gasteiger partial charge < -0.3 is 19.4 Å². The van der Waals surface area contributed by atoms with Crippen molar-refractivity contribution in [3.05, 3.63) is 66.2 Å². The van der Waals surface area contributed by atoms with Crippen molar-refractivity contribution in [3.8, 4) is 34.0 Å². The summed E-state index contributed by atoms with van der Waals surface area (Å²) >= 11 is 0. The van der Waals surface area contributed by atoms with Crippen LogP contribution in [-0.4, -0.2) is 32.4 Å². The molecule has 8 nitrogen and oxygen atoms in total. The molecular weight excluding hydrogens is 394 g/mol. The number of carbonyl (C=O) groups is 1. The van der Waals surface area contributed by atoms with E-state index in [2.05, 4.69) is 25.1 Å². The topological polar surface area (TPSA) is 94.1 Å². The summed E-state index contributed by atoms with van der Waals surface area (Å²) in [6, 6.07) is 15.1. The highest BCUT2D eigenvalue weighted by Crippen LogP contribution is 2.35. The second kappa shape index (κ2) is 7.02. The van der Waals surface area contributed by atoms with Crippen LogP contribution in [0.15, 0.2) is 54.7 Å². The molecule has 2 aliphatic heterocycles. The Kier molecular flexibility index (Phi) is 4.02. The fourth-order valence-corrected chi connectivity index (χ4v) is 4.05. The summed E-state index contributed by atoms with van der Waals surface area (Å²) in [7, 11) is 0. The van der Waals surface area contributed by atoms with Crippen LogP contribution < -0.4 is 14.8 Å². The standard InChI is InChI=1S/C23H19N5O3/c29-23(18-11-17(26-27-18)15-5-8-20-21(10-15)31-13-30-20)25-16-6-3-14(4-7-16)19-12-24-22-2-1-9-28(19)22/h3-8,10-12H,1-2,9,13H2,(H,25,29)(H,26,27). The Morgan fingerprint density at radius 1 is 1.03 bits per heavy atom.